The van der Waals surface area contributed by atoms with Gasteiger partial charge in [0, 0.05) is 40.9 Å². The van der Waals surface area contributed by atoms with Crippen molar-refractivity contribution in [3.05, 3.63) is 53.7 Å². The van der Waals surface area contributed by atoms with Crippen molar-refractivity contribution >= 4 is 34.1 Å². The number of ether oxygens (including phenoxy) is 1. The third-order valence-corrected chi connectivity index (χ3v) is 6.06. The molecule has 4 rings (SSSR count). The van der Waals surface area contributed by atoms with Gasteiger partial charge in [-0.25, -0.2) is 0 Å². The lowest BCUT2D eigenvalue weighted by Gasteiger charge is -2.26. The maximum atomic E-state index is 13.4. The van der Waals surface area contributed by atoms with Gasteiger partial charge in [-0.1, -0.05) is 25.3 Å². The van der Waals surface area contributed by atoms with E-state index in [2.05, 4.69) is 21.3 Å². The number of fused-ring (bicyclic) bond motifs is 1. The van der Waals surface area contributed by atoms with Gasteiger partial charge in [0.15, 0.2) is 0 Å². The molecule has 31 heavy (non-hydrogen) atoms. The lowest BCUT2D eigenvalue weighted by molar-refractivity contribution is -0.114. The van der Waals surface area contributed by atoms with Crippen molar-refractivity contribution in [1.29, 1.82) is 0 Å². The molecule has 6 nitrogen and oxygen atoms in total. The topological polar surface area (TPSA) is 72.4 Å². The summed E-state index contributed by atoms with van der Waals surface area (Å²) in [6, 6.07) is 13.6. The van der Waals surface area contributed by atoms with Gasteiger partial charge in [-0.3, -0.25) is 9.59 Å². The first-order valence-corrected chi connectivity index (χ1v) is 10.9. The summed E-state index contributed by atoms with van der Waals surface area (Å²) in [7, 11) is 1.64. The van der Waals surface area contributed by atoms with Crippen molar-refractivity contribution in [2.24, 2.45) is 0 Å². The number of rotatable bonds is 5. The minimum absolute atomic E-state index is 0.151. The zero-order chi connectivity index (χ0) is 22.0. The highest BCUT2D eigenvalue weighted by Gasteiger charge is 2.25. The summed E-state index contributed by atoms with van der Waals surface area (Å²) in [5.41, 5.74) is 4.00. The fraction of sp³-hybridized carbons (Fsp3) is 0.360. The number of carbonyl (C=O) groups excluding carboxylic acids is 2. The van der Waals surface area contributed by atoms with Crippen LogP contribution < -0.4 is 15.4 Å². The first-order chi connectivity index (χ1) is 15.0. The van der Waals surface area contributed by atoms with E-state index >= 15 is 0 Å². The highest BCUT2D eigenvalue weighted by atomic mass is 16.5. The van der Waals surface area contributed by atoms with Crippen LogP contribution >= 0.6 is 0 Å². The maximum absolute atomic E-state index is 13.4. The molecule has 162 valence electrons. The Morgan fingerprint density at radius 3 is 2.39 bits per heavy atom. The minimum Gasteiger partial charge on any atom is -0.497 e. The van der Waals surface area contributed by atoms with Gasteiger partial charge in [-0.15, -0.1) is 0 Å². The Morgan fingerprint density at radius 1 is 1.00 bits per heavy atom. The van der Waals surface area contributed by atoms with Crippen LogP contribution in [-0.4, -0.2) is 23.5 Å². The second-order valence-electron chi connectivity index (χ2n) is 8.22. The van der Waals surface area contributed by atoms with E-state index in [4.69, 9.17) is 4.74 Å². The largest absolute Gasteiger partial charge is 0.497 e. The van der Waals surface area contributed by atoms with Crippen molar-refractivity contribution in [3.63, 3.8) is 0 Å². The monoisotopic (exact) mass is 419 g/mol. The number of carbonyl (C=O) groups is 2. The molecule has 0 saturated heterocycles. The smallest absolute Gasteiger partial charge is 0.258 e. The van der Waals surface area contributed by atoms with Gasteiger partial charge < -0.3 is 19.9 Å². The molecule has 2 aromatic carbocycles. The van der Waals surface area contributed by atoms with Crippen LogP contribution in [0.3, 0.4) is 0 Å². The second-order valence-corrected chi connectivity index (χ2v) is 8.22. The van der Waals surface area contributed by atoms with E-state index in [1.807, 2.05) is 31.2 Å². The van der Waals surface area contributed by atoms with E-state index in [-0.39, 0.29) is 11.8 Å². The van der Waals surface area contributed by atoms with Crippen molar-refractivity contribution in [2.45, 2.75) is 52.0 Å². The Labute approximate surface area is 182 Å². The zero-order valence-corrected chi connectivity index (χ0v) is 18.3. The number of hydrogen-bond acceptors (Lipinski definition) is 3. The van der Waals surface area contributed by atoms with Crippen LogP contribution in [0.25, 0.3) is 10.9 Å². The van der Waals surface area contributed by atoms with E-state index in [1.54, 1.807) is 19.2 Å². The quantitative estimate of drug-likeness (QED) is 0.559. The standard InChI is InChI=1S/C25H29N3O3/c1-16-24(25(30)27-19-9-7-8-18(14-19)26-17(2)29)22-15-21(31-3)12-13-23(22)28(16)20-10-5-4-6-11-20/h7-9,12-15,20H,4-6,10-11H2,1-3H3,(H,26,29)(H,27,30). The SMILES string of the molecule is COc1ccc2c(c1)c(C(=O)Nc1cccc(NC(C)=O)c1)c(C)n2C1CCCCC1. The Kier molecular flexibility index (Phi) is 5.98. The number of nitrogens with zero attached hydrogens (tertiary/aromatic N) is 1. The molecule has 1 aliphatic carbocycles. The van der Waals surface area contributed by atoms with Crippen molar-refractivity contribution in [1.82, 2.24) is 4.57 Å². The molecule has 2 N–H and O–H groups in total. The number of hydrogen-bond donors (Lipinski definition) is 2. The van der Waals surface area contributed by atoms with Crippen LogP contribution in [0, 0.1) is 6.92 Å². The summed E-state index contributed by atoms with van der Waals surface area (Å²) in [6.07, 6.45) is 5.99. The van der Waals surface area contributed by atoms with Gasteiger partial charge in [0.1, 0.15) is 5.75 Å². The average molecular weight is 420 g/mol. The molecule has 2 amide bonds. The van der Waals surface area contributed by atoms with Crippen molar-refractivity contribution in [2.75, 3.05) is 17.7 Å². The maximum Gasteiger partial charge on any atom is 0.258 e. The molecule has 0 radical (unpaired) electrons. The first-order valence-electron chi connectivity index (χ1n) is 10.9. The van der Waals surface area contributed by atoms with E-state index in [9.17, 15) is 9.59 Å². The Balaban J connectivity index is 1.74. The van der Waals surface area contributed by atoms with Crippen molar-refractivity contribution < 1.29 is 14.3 Å². The van der Waals surface area contributed by atoms with Crippen LogP contribution in [0.15, 0.2) is 42.5 Å². The van der Waals surface area contributed by atoms with E-state index in [0.29, 0.717) is 23.0 Å². The first kappa shape index (κ1) is 21.0. The van der Waals surface area contributed by atoms with Gasteiger partial charge in [0.25, 0.3) is 5.91 Å². The summed E-state index contributed by atoms with van der Waals surface area (Å²) in [5, 5.41) is 6.67. The van der Waals surface area contributed by atoms with Crippen LogP contribution in [0.2, 0.25) is 0 Å². The number of anilines is 2. The fourth-order valence-electron chi connectivity index (χ4n) is 4.72. The third-order valence-electron chi connectivity index (χ3n) is 6.06. The molecule has 1 aliphatic rings. The van der Waals surface area contributed by atoms with Gasteiger partial charge in [-0.2, -0.15) is 0 Å². The van der Waals surface area contributed by atoms with Crippen LogP contribution in [0.1, 0.15) is 61.1 Å². The highest BCUT2D eigenvalue weighted by Crippen LogP contribution is 2.37. The number of benzene rings is 2. The van der Waals surface area contributed by atoms with Crippen LogP contribution in [0.5, 0.6) is 5.75 Å². The summed E-state index contributed by atoms with van der Waals surface area (Å²) in [5.74, 6) is 0.419. The Morgan fingerprint density at radius 2 is 1.71 bits per heavy atom. The van der Waals surface area contributed by atoms with Gasteiger partial charge in [-0.05, 0) is 56.2 Å². The summed E-state index contributed by atoms with van der Waals surface area (Å²) in [4.78, 5) is 24.8. The summed E-state index contributed by atoms with van der Waals surface area (Å²) >= 11 is 0. The molecular weight excluding hydrogens is 390 g/mol. The molecule has 0 aliphatic heterocycles. The normalized spacial score (nSPS) is 14.4. The molecule has 0 spiro atoms. The predicted octanol–water partition coefficient (Wildman–Crippen LogP) is 5.67. The average Bonchev–Trinajstić information content (AvgIpc) is 3.05. The fourth-order valence-corrected chi connectivity index (χ4v) is 4.72. The lowest BCUT2D eigenvalue weighted by atomic mass is 9.95. The second kappa shape index (κ2) is 8.84. The third kappa shape index (κ3) is 4.29. The number of methoxy groups -OCH3 is 1. The predicted molar refractivity (Wildman–Crippen MR) is 124 cm³/mol. The zero-order valence-electron chi connectivity index (χ0n) is 18.3. The van der Waals surface area contributed by atoms with Gasteiger partial charge in [0.2, 0.25) is 5.91 Å². The molecule has 1 aromatic heterocycles. The Bertz CT molecular complexity index is 1130. The number of amides is 2. The molecular formula is C25H29N3O3. The number of nitrogens with one attached hydrogen (secondary N) is 2. The van der Waals surface area contributed by atoms with E-state index in [1.165, 1.54) is 26.2 Å². The minimum atomic E-state index is -0.162. The van der Waals surface area contributed by atoms with E-state index < -0.39 is 0 Å². The molecule has 1 heterocycles. The molecule has 0 atom stereocenters. The van der Waals surface area contributed by atoms with Crippen molar-refractivity contribution in [3.8, 4) is 5.75 Å². The molecule has 3 aromatic rings. The van der Waals surface area contributed by atoms with Crippen LogP contribution in [0.4, 0.5) is 11.4 Å². The molecule has 1 fully saturated rings. The van der Waals surface area contributed by atoms with Gasteiger partial charge >= 0.3 is 0 Å². The lowest BCUT2D eigenvalue weighted by Crippen LogP contribution is -2.17. The molecule has 0 bridgehead atoms. The molecule has 6 heteroatoms. The summed E-state index contributed by atoms with van der Waals surface area (Å²) in [6.45, 7) is 3.49. The van der Waals surface area contributed by atoms with E-state index in [0.717, 1.165) is 35.2 Å². The molecule has 0 unspecified atom stereocenters. The van der Waals surface area contributed by atoms with Crippen LogP contribution in [-0.2, 0) is 4.79 Å². The highest BCUT2D eigenvalue weighted by molar-refractivity contribution is 6.14. The van der Waals surface area contributed by atoms with Gasteiger partial charge in [0.05, 0.1) is 12.7 Å². The Hall–Kier alpha value is -3.28. The summed E-state index contributed by atoms with van der Waals surface area (Å²) < 4.78 is 7.79. The molecule has 1 saturated carbocycles. The number of aromatic nitrogens is 1.